The van der Waals surface area contributed by atoms with Crippen molar-refractivity contribution in [1.82, 2.24) is 30.5 Å². The number of fused-ring (bicyclic) bond motifs is 2. The molecule has 0 radical (unpaired) electrons. The van der Waals surface area contributed by atoms with Crippen molar-refractivity contribution in [3.8, 4) is 0 Å². The zero-order valence-corrected chi connectivity index (χ0v) is 23.4. The third-order valence-corrected chi connectivity index (χ3v) is 11.0. The highest BCUT2D eigenvalue weighted by molar-refractivity contribution is 8.02. The number of aliphatic hydroxyl groups excluding tert-OH is 1. The van der Waals surface area contributed by atoms with Gasteiger partial charge in [0, 0.05) is 11.8 Å². The van der Waals surface area contributed by atoms with E-state index in [-0.39, 0.29) is 42.2 Å². The zero-order valence-electron chi connectivity index (χ0n) is 22.6. The molecule has 4 heterocycles. The lowest BCUT2D eigenvalue weighted by molar-refractivity contribution is -0.143. The second kappa shape index (κ2) is 10.5. The lowest BCUT2D eigenvalue weighted by atomic mass is 9.66. The van der Waals surface area contributed by atoms with E-state index < -0.39 is 28.7 Å². The standard InChI is InChI=1S/C29H34N6O4S/c1-3-19(15-36)35-25(27(38)31-16-34-21-12-8-7-11-20(21)32-33-34)29-17(2)13-22(40-29)23(24(29)28(35)39)26(37)30-14-18-9-5-4-6-10-18/h4-12,17,19,22-25,36H,3,13-16H2,1-2H3,(H,30,37)(H,31,38)/t17?,19-,22+,23-,24-,25?,29?/m0/s1. The van der Waals surface area contributed by atoms with E-state index in [1.165, 1.54) is 0 Å². The SMILES string of the molecule is CC[C@@H](CO)N1C(=O)[C@@H]2[C@@H](C(=O)NCc3ccccc3)[C@H]3CC(C)C2(S3)C1C(=O)NCn1nnc2ccccc21. The van der Waals surface area contributed by atoms with Crippen LogP contribution in [0.15, 0.2) is 54.6 Å². The van der Waals surface area contributed by atoms with Crippen LogP contribution in [0.1, 0.15) is 32.3 Å². The van der Waals surface area contributed by atoms with Crippen molar-refractivity contribution in [2.24, 2.45) is 17.8 Å². The Kier molecular flexibility index (Phi) is 7.03. The minimum atomic E-state index is -0.811. The van der Waals surface area contributed by atoms with Gasteiger partial charge in [0.1, 0.15) is 18.2 Å². The van der Waals surface area contributed by atoms with Gasteiger partial charge in [-0.2, -0.15) is 0 Å². The molecule has 2 aromatic carbocycles. The average Bonchev–Trinajstić information content (AvgIpc) is 3.69. The largest absolute Gasteiger partial charge is 0.394 e. The fourth-order valence-corrected chi connectivity index (χ4v) is 9.46. The molecule has 0 saturated carbocycles. The molecule has 40 heavy (non-hydrogen) atoms. The smallest absolute Gasteiger partial charge is 0.245 e. The third-order valence-electron chi connectivity index (χ3n) is 8.94. The summed E-state index contributed by atoms with van der Waals surface area (Å²) in [5, 5.41) is 24.6. The Hall–Kier alpha value is -3.44. The highest BCUT2D eigenvalue weighted by Crippen LogP contribution is 2.68. The first kappa shape index (κ1) is 26.8. The molecule has 3 amide bonds. The van der Waals surface area contributed by atoms with Gasteiger partial charge in [0.2, 0.25) is 17.7 Å². The second-order valence-corrected chi connectivity index (χ2v) is 12.6. The van der Waals surface area contributed by atoms with Gasteiger partial charge < -0.3 is 20.6 Å². The predicted molar refractivity (Wildman–Crippen MR) is 151 cm³/mol. The van der Waals surface area contributed by atoms with Crippen LogP contribution in [0, 0.1) is 17.8 Å². The molecular formula is C29H34N6O4S. The van der Waals surface area contributed by atoms with Gasteiger partial charge in [0.25, 0.3) is 0 Å². The first-order valence-corrected chi connectivity index (χ1v) is 14.8. The second-order valence-electron chi connectivity index (χ2n) is 11.0. The van der Waals surface area contributed by atoms with Crippen molar-refractivity contribution in [1.29, 1.82) is 0 Å². The summed E-state index contributed by atoms with van der Waals surface area (Å²) in [6.45, 7) is 4.20. The molecule has 10 nitrogen and oxygen atoms in total. The molecule has 3 aliphatic heterocycles. The summed E-state index contributed by atoms with van der Waals surface area (Å²) >= 11 is 1.62. The molecule has 0 aliphatic carbocycles. The molecule has 3 fully saturated rings. The van der Waals surface area contributed by atoms with Gasteiger partial charge in [-0.1, -0.05) is 61.5 Å². The molecule has 210 valence electrons. The summed E-state index contributed by atoms with van der Waals surface area (Å²) in [5.74, 6) is -1.79. The molecule has 3 N–H and O–H groups in total. The van der Waals surface area contributed by atoms with Crippen molar-refractivity contribution < 1.29 is 19.5 Å². The Balaban J connectivity index is 1.30. The third kappa shape index (κ3) is 4.09. The van der Waals surface area contributed by atoms with E-state index >= 15 is 0 Å². The molecule has 7 atom stereocenters. The summed E-state index contributed by atoms with van der Waals surface area (Å²) in [6.07, 6.45) is 1.25. The number of amides is 3. The van der Waals surface area contributed by atoms with E-state index in [1.807, 2.05) is 61.5 Å². The summed E-state index contributed by atoms with van der Waals surface area (Å²) in [6, 6.07) is 15.9. The van der Waals surface area contributed by atoms with E-state index in [1.54, 1.807) is 21.3 Å². The first-order valence-electron chi connectivity index (χ1n) is 13.9. The molecule has 2 bridgehead atoms. The minimum Gasteiger partial charge on any atom is -0.394 e. The number of carbonyl (C=O) groups excluding carboxylic acids is 3. The molecule has 11 heteroatoms. The van der Waals surface area contributed by atoms with Gasteiger partial charge in [-0.3, -0.25) is 14.4 Å². The number of hydrogen-bond acceptors (Lipinski definition) is 7. The van der Waals surface area contributed by atoms with Gasteiger partial charge in [-0.25, -0.2) is 4.68 Å². The average molecular weight is 563 g/mol. The van der Waals surface area contributed by atoms with E-state index in [0.29, 0.717) is 13.0 Å². The molecule has 3 aliphatic rings. The normalized spacial score (nSPS) is 29.5. The van der Waals surface area contributed by atoms with E-state index in [0.717, 1.165) is 23.0 Å². The van der Waals surface area contributed by atoms with Gasteiger partial charge in [-0.15, -0.1) is 16.9 Å². The number of nitrogens with zero attached hydrogens (tertiary/aromatic N) is 4. The number of hydrogen-bond donors (Lipinski definition) is 3. The van der Waals surface area contributed by atoms with E-state index in [2.05, 4.69) is 27.9 Å². The lowest BCUT2D eigenvalue weighted by Gasteiger charge is -2.40. The molecule has 1 spiro atoms. The van der Waals surface area contributed by atoms with Gasteiger partial charge in [0.05, 0.1) is 34.7 Å². The monoisotopic (exact) mass is 562 g/mol. The van der Waals surface area contributed by atoms with Crippen molar-refractivity contribution >= 4 is 40.5 Å². The topological polar surface area (TPSA) is 129 Å². The van der Waals surface area contributed by atoms with Crippen molar-refractivity contribution in [3.05, 3.63) is 60.2 Å². The molecule has 3 unspecified atom stereocenters. The Morgan fingerprint density at radius 1 is 1.12 bits per heavy atom. The summed E-state index contributed by atoms with van der Waals surface area (Å²) in [5.41, 5.74) is 2.50. The summed E-state index contributed by atoms with van der Waals surface area (Å²) < 4.78 is 0.864. The van der Waals surface area contributed by atoms with Crippen LogP contribution in [-0.2, 0) is 27.6 Å². The van der Waals surface area contributed by atoms with E-state index in [9.17, 15) is 19.5 Å². The molecular weight excluding hydrogens is 528 g/mol. The van der Waals surface area contributed by atoms with Crippen LogP contribution in [0.4, 0.5) is 0 Å². The maximum absolute atomic E-state index is 14.2. The molecule has 1 aromatic heterocycles. The number of aromatic nitrogens is 3. The summed E-state index contributed by atoms with van der Waals surface area (Å²) in [7, 11) is 0. The number of aliphatic hydroxyl groups is 1. The highest BCUT2D eigenvalue weighted by Gasteiger charge is 2.76. The zero-order chi connectivity index (χ0) is 28.0. The fraction of sp³-hybridized carbons (Fsp3) is 0.483. The van der Waals surface area contributed by atoms with Crippen LogP contribution in [0.3, 0.4) is 0 Å². The van der Waals surface area contributed by atoms with Crippen molar-refractivity contribution in [3.63, 3.8) is 0 Å². The quantitative estimate of drug-likeness (QED) is 0.363. The first-order chi connectivity index (χ1) is 19.4. The highest BCUT2D eigenvalue weighted by atomic mass is 32.2. The van der Waals surface area contributed by atoms with E-state index in [4.69, 9.17) is 0 Å². The molecule has 6 rings (SSSR count). The number of rotatable bonds is 9. The Labute approximate surface area is 236 Å². The van der Waals surface area contributed by atoms with Crippen LogP contribution < -0.4 is 10.6 Å². The Bertz CT molecular complexity index is 1430. The van der Waals surface area contributed by atoms with Crippen molar-refractivity contribution in [2.75, 3.05) is 6.61 Å². The lowest BCUT2D eigenvalue weighted by Crippen LogP contribution is -2.58. The Morgan fingerprint density at radius 2 is 1.88 bits per heavy atom. The minimum absolute atomic E-state index is 0.0405. The van der Waals surface area contributed by atoms with Gasteiger partial charge in [-0.05, 0) is 36.5 Å². The number of benzene rings is 2. The van der Waals surface area contributed by atoms with Crippen LogP contribution in [-0.4, -0.2) is 71.4 Å². The van der Waals surface area contributed by atoms with Crippen LogP contribution in [0.2, 0.25) is 0 Å². The maximum Gasteiger partial charge on any atom is 0.245 e. The number of carbonyl (C=O) groups is 3. The fourth-order valence-electron chi connectivity index (χ4n) is 7.05. The molecule has 3 aromatic rings. The number of likely N-dealkylation sites (tertiary alicyclic amines) is 1. The maximum atomic E-state index is 14.2. The molecule has 3 saturated heterocycles. The van der Waals surface area contributed by atoms with Crippen LogP contribution in [0.5, 0.6) is 0 Å². The van der Waals surface area contributed by atoms with Crippen LogP contribution >= 0.6 is 11.8 Å². The number of nitrogens with one attached hydrogen (secondary N) is 2. The Morgan fingerprint density at radius 3 is 2.62 bits per heavy atom. The number of thioether (sulfide) groups is 1. The predicted octanol–water partition coefficient (Wildman–Crippen LogP) is 1.93. The van der Waals surface area contributed by atoms with Crippen LogP contribution in [0.25, 0.3) is 11.0 Å². The number of para-hydroxylation sites is 1. The van der Waals surface area contributed by atoms with Gasteiger partial charge >= 0.3 is 0 Å². The summed E-state index contributed by atoms with van der Waals surface area (Å²) in [4.78, 5) is 43.5. The van der Waals surface area contributed by atoms with Crippen molar-refractivity contribution in [2.45, 2.75) is 62.0 Å². The van der Waals surface area contributed by atoms with Gasteiger partial charge in [0.15, 0.2) is 0 Å².